The second-order valence-corrected chi connectivity index (χ2v) is 2.21. The SMILES string of the molecule is CCNc1nc(N)nc(C(F)F)n1. The second-order valence-electron chi connectivity index (χ2n) is 2.21. The number of nitrogen functional groups attached to an aromatic ring is 1. The molecule has 0 aliphatic carbocycles. The smallest absolute Gasteiger partial charge is 0.297 e. The highest BCUT2D eigenvalue weighted by Crippen LogP contribution is 2.15. The van der Waals surface area contributed by atoms with Gasteiger partial charge in [0.2, 0.25) is 17.7 Å². The Morgan fingerprint density at radius 3 is 2.62 bits per heavy atom. The molecule has 0 atom stereocenters. The van der Waals surface area contributed by atoms with Gasteiger partial charge in [-0.1, -0.05) is 0 Å². The first-order chi connectivity index (χ1) is 6.13. The van der Waals surface area contributed by atoms with Gasteiger partial charge < -0.3 is 11.1 Å². The zero-order valence-electron chi connectivity index (χ0n) is 6.96. The summed E-state index contributed by atoms with van der Waals surface area (Å²) in [5.74, 6) is -0.741. The number of rotatable bonds is 3. The van der Waals surface area contributed by atoms with Crippen LogP contribution in [0.3, 0.4) is 0 Å². The van der Waals surface area contributed by atoms with Crippen molar-refractivity contribution < 1.29 is 8.78 Å². The quantitative estimate of drug-likeness (QED) is 0.736. The predicted octanol–water partition coefficient (Wildman–Crippen LogP) is 0.823. The molecule has 3 N–H and O–H groups in total. The van der Waals surface area contributed by atoms with Crippen LogP contribution in [0.1, 0.15) is 19.2 Å². The first-order valence-electron chi connectivity index (χ1n) is 3.67. The highest BCUT2D eigenvalue weighted by Gasteiger charge is 2.13. The number of nitrogens with two attached hydrogens (primary N) is 1. The maximum Gasteiger partial charge on any atom is 0.297 e. The van der Waals surface area contributed by atoms with Crippen LogP contribution in [0.15, 0.2) is 0 Å². The minimum Gasteiger partial charge on any atom is -0.368 e. The van der Waals surface area contributed by atoms with Crippen molar-refractivity contribution in [2.24, 2.45) is 0 Å². The number of aromatic nitrogens is 3. The first kappa shape index (κ1) is 9.56. The van der Waals surface area contributed by atoms with Crippen LogP contribution in [0.4, 0.5) is 20.7 Å². The molecule has 0 unspecified atom stereocenters. The van der Waals surface area contributed by atoms with Crippen LogP contribution in [0, 0.1) is 0 Å². The Morgan fingerprint density at radius 1 is 1.38 bits per heavy atom. The number of anilines is 2. The van der Waals surface area contributed by atoms with Crippen molar-refractivity contribution in [1.82, 2.24) is 15.0 Å². The predicted molar refractivity (Wildman–Crippen MR) is 43.4 cm³/mol. The van der Waals surface area contributed by atoms with Gasteiger partial charge in [0.15, 0.2) is 0 Å². The van der Waals surface area contributed by atoms with E-state index in [9.17, 15) is 8.78 Å². The lowest BCUT2D eigenvalue weighted by Gasteiger charge is -2.03. The molecular weight excluding hydrogens is 180 g/mol. The Balaban J connectivity index is 2.96. The third kappa shape index (κ3) is 2.46. The summed E-state index contributed by atoms with van der Waals surface area (Å²) in [5.41, 5.74) is 5.19. The van der Waals surface area contributed by atoms with E-state index in [1.54, 1.807) is 6.92 Å². The van der Waals surface area contributed by atoms with Crippen molar-refractivity contribution in [1.29, 1.82) is 0 Å². The van der Waals surface area contributed by atoms with Crippen molar-refractivity contribution in [2.45, 2.75) is 13.3 Å². The summed E-state index contributed by atoms with van der Waals surface area (Å²) in [7, 11) is 0. The van der Waals surface area contributed by atoms with Crippen molar-refractivity contribution in [3.8, 4) is 0 Å². The molecule has 0 aliphatic rings. The lowest BCUT2D eigenvalue weighted by atomic mass is 10.6. The lowest BCUT2D eigenvalue weighted by molar-refractivity contribution is 0.140. The summed E-state index contributed by atoms with van der Waals surface area (Å²) in [6.45, 7) is 2.33. The van der Waals surface area contributed by atoms with Crippen LogP contribution >= 0.6 is 0 Å². The maximum absolute atomic E-state index is 12.1. The highest BCUT2D eigenvalue weighted by atomic mass is 19.3. The van der Waals surface area contributed by atoms with E-state index in [1.807, 2.05) is 0 Å². The van der Waals surface area contributed by atoms with Gasteiger partial charge in [-0.05, 0) is 6.92 Å². The average Bonchev–Trinajstić information content (AvgIpc) is 2.03. The zero-order chi connectivity index (χ0) is 9.84. The number of nitrogens with zero attached hydrogens (tertiary/aromatic N) is 3. The molecule has 0 saturated heterocycles. The molecule has 7 heteroatoms. The fraction of sp³-hybridized carbons (Fsp3) is 0.500. The minimum atomic E-state index is -2.73. The van der Waals surface area contributed by atoms with E-state index in [4.69, 9.17) is 5.73 Å². The average molecular weight is 189 g/mol. The summed E-state index contributed by atoms with van der Waals surface area (Å²) < 4.78 is 24.3. The summed E-state index contributed by atoms with van der Waals surface area (Å²) in [5, 5.41) is 2.67. The monoisotopic (exact) mass is 189 g/mol. The van der Waals surface area contributed by atoms with E-state index < -0.39 is 12.2 Å². The van der Waals surface area contributed by atoms with Crippen LogP contribution in [-0.4, -0.2) is 21.5 Å². The molecule has 1 heterocycles. The summed E-state index contributed by atoms with van der Waals surface area (Å²) in [6.07, 6.45) is -2.73. The number of nitrogens with one attached hydrogen (secondary N) is 1. The Hall–Kier alpha value is -1.53. The second kappa shape index (κ2) is 3.92. The highest BCUT2D eigenvalue weighted by molar-refractivity contribution is 5.30. The lowest BCUT2D eigenvalue weighted by Crippen LogP contribution is -2.09. The number of alkyl halides is 2. The number of hydrogen-bond acceptors (Lipinski definition) is 5. The van der Waals surface area contributed by atoms with Gasteiger partial charge in [-0.15, -0.1) is 0 Å². The first-order valence-corrected chi connectivity index (χ1v) is 3.67. The fourth-order valence-electron chi connectivity index (χ4n) is 0.744. The van der Waals surface area contributed by atoms with Crippen molar-refractivity contribution in [2.75, 3.05) is 17.6 Å². The van der Waals surface area contributed by atoms with Crippen LogP contribution in [0.5, 0.6) is 0 Å². The number of halogens is 2. The third-order valence-electron chi connectivity index (χ3n) is 1.20. The molecule has 0 bridgehead atoms. The van der Waals surface area contributed by atoms with Gasteiger partial charge in [0.25, 0.3) is 6.43 Å². The molecule has 0 radical (unpaired) electrons. The van der Waals surface area contributed by atoms with Crippen molar-refractivity contribution in [3.63, 3.8) is 0 Å². The Labute approximate surface area is 73.4 Å². The molecule has 0 saturated carbocycles. The van der Waals surface area contributed by atoms with Gasteiger partial charge in [-0.3, -0.25) is 0 Å². The number of hydrogen-bond donors (Lipinski definition) is 2. The van der Waals surface area contributed by atoms with Gasteiger partial charge in [0, 0.05) is 6.54 Å². The van der Waals surface area contributed by atoms with Gasteiger partial charge >= 0.3 is 0 Å². The molecule has 0 aromatic carbocycles. The summed E-state index contributed by atoms with van der Waals surface area (Å²) >= 11 is 0. The minimum absolute atomic E-state index is 0.0744. The van der Waals surface area contributed by atoms with Crippen LogP contribution in [0.2, 0.25) is 0 Å². The molecule has 1 aromatic heterocycles. The molecular formula is C6H9F2N5. The van der Waals surface area contributed by atoms with Crippen LogP contribution < -0.4 is 11.1 Å². The van der Waals surface area contributed by atoms with Gasteiger partial charge in [0.1, 0.15) is 0 Å². The van der Waals surface area contributed by atoms with Gasteiger partial charge in [-0.2, -0.15) is 15.0 Å². The van der Waals surface area contributed by atoms with Crippen molar-refractivity contribution in [3.05, 3.63) is 5.82 Å². The Morgan fingerprint density at radius 2 is 2.08 bits per heavy atom. The van der Waals surface area contributed by atoms with E-state index in [0.29, 0.717) is 6.54 Å². The molecule has 1 rings (SSSR count). The normalized spacial score (nSPS) is 10.5. The summed E-state index contributed by atoms with van der Waals surface area (Å²) in [4.78, 5) is 10.4. The fourth-order valence-corrected chi connectivity index (χ4v) is 0.744. The Bertz CT molecular complexity index is 290. The van der Waals surface area contributed by atoms with E-state index >= 15 is 0 Å². The van der Waals surface area contributed by atoms with E-state index in [-0.39, 0.29) is 11.9 Å². The Kier molecular flexibility index (Phi) is 2.88. The van der Waals surface area contributed by atoms with E-state index in [1.165, 1.54) is 0 Å². The molecule has 72 valence electrons. The van der Waals surface area contributed by atoms with Crippen molar-refractivity contribution >= 4 is 11.9 Å². The third-order valence-corrected chi connectivity index (χ3v) is 1.20. The van der Waals surface area contributed by atoms with E-state index in [0.717, 1.165) is 0 Å². The van der Waals surface area contributed by atoms with Gasteiger partial charge in [-0.25, -0.2) is 8.78 Å². The molecule has 0 aliphatic heterocycles. The molecule has 0 amide bonds. The standard InChI is InChI=1S/C6H9F2N5/c1-2-10-6-12-4(3(7)8)11-5(9)13-6/h3H,2H2,1H3,(H3,9,10,11,12,13). The van der Waals surface area contributed by atoms with E-state index in [2.05, 4.69) is 20.3 Å². The molecule has 0 spiro atoms. The topological polar surface area (TPSA) is 76.7 Å². The molecule has 5 nitrogen and oxygen atoms in total. The summed E-state index contributed by atoms with van der Waals surface area (Å²) in [6, 6.07) is 0. The van der Waals surface area contributed by atoms with Crippen LogP contribution in [-0.2, 0) is 0 Å². The molecule has 13 heavy (non-hydrogen) atoms. The zero-order valence-corrected chi connectivity index (χ0v) is 6.96. The molecule has 1 aromatic rings. The van der Waals surface area contributed by atoms with Gasteiger partial charge in [0.05, 0.1) is 0 Å². The van der Waals surface area contributed by atoms with Crippen LogP contribution in [0.25, 0.3) is 0 Å². The molecule has 0 fully saturated rings. The maximum atomic E-state index is 12.1. The largest absolute Gasteiger partial charge is 0.368 e.